The molecule has 0 bridgehead atoms. The molecule has 1 amide bonds. The Bertz CT molecular complexity index is 738. The van der Waals surface area contributed by atoms with Gasteiger partial charge < -0.3 is 5.32 Å². The molecule has 7 heteroatoms. The number of carbonyl (C=O) groups is 1. The van der Waals surface area contributed by atoms with Gasteiger partial charge in [0.05, 0.1) is 5.75 Å². The molecule has 2 aromatic rings. The molecule has 2 rings (SSSR count). The van der Waals surface area contributed by atoms with Gasteiger partial charge in [0.1, 0.15) is 0 Å². The second-order valence-corrected chi connectivity index (χ2v) is 8.03. The van der Waals surface area contributed by atoms with Gasteiger partial charge in [-0.25, -0.2) is 12.7 Å². The fraction of sp³-hybridized carbons (Fsp3) is 0.267. The monoisotopic (exact) mass is 338 g/mol. The highest BCUT2D eigenvalue weighted by Crippen LogP contribution is 2.22. The molecule has 0 saturated heterocycles. The highest BCUT2D eigenvalue weighted by molar-refractivity contribution is 7.89. The van der Waals surface area contributed by atoms with E-state index < -0.39 is 10.0 Å². The van der Waals surface area contributed by atoms with Crippen LogP contribution in [0, 0.1) is 0 Å². The van der Waals surface area contributed by atoms with Crippen molar-refractivity contribution in [1.29, 1.82) is 0 Å². The van der Waals surface area contributed by atoms with Gasteiger partial charge in [-0.1, -0.05) is 12.1 Å². The van der Waals surface area contributed by atoms with Crippen LogP contribution in [-0.4, -0.2) is 45.0 Å². The third kappa shape index (κ3) is 4.16. The predicted octanol–water partition coefficient (Wildman–Crippen LogP) is 2.04. The van der Waals surface area contributed by atoms with E-state index in [4.69, 9.17) is 0 Å². The summed E-state index contributed by atoms with van der Waals surface area (Å²) in [5, 5.41) is 6.64. The molecule has 0 aliphatic heterocycles. The smallest absolute Gasteiger partial charge is 0.251 e. The minimum atomic E-state index is -3.30. The van der Waals surface area contributed by atoms with Crippen LogP contribution in [0.4, 0.5) is 0 Å². The van der Waals surface area contributed by atoms with E-state index in [1.165, 1.54) is 14.1 Å². The number of nitrogens with one attached hydrogen (secondary N) is 1. The van der Waals surface area contributed by atoms with Gasteiger partial charge in [-0.05, 0) is 40.1 Å². The van der Waals surface area contributed by atoms with E-state index in [1.807, 2.05) is 29.0 Å². The van der Waals surface area contributed by atoms with Crippen LogP contribution in [0.1, 0.15) is 10.4 Å². The van der Waals surface area contributed by atoms with Gasteiger partial charge >= 0.3 is 0 Å². The highest BCUT2D eigenvalue weighted by atomic mass is 32.2. The van der Waals surface area contributed by atoms with E-state index >= 15 is 0 Å². The Labute approximate surface area is 134 Å². The summed E-state index contributed by atoms with van der Waals surface area (Å²) >= 11 is 1.60. The maximum atomic E-state index is 12.1. The molecule has 0 atom stereocenters. The molecule has 0 aliphatic rings. The average Bonchev–Trinajstić information content (AvgIpc) is 3.01. The van der Waals surface area contributed by atoms with Gasteiger partial charge in [0, 0.05) is 26.2 Å². The van der Waals surface area contributed by atoms with Gasteiger partial charge in [-0.3, -0.25) is 4.79 Å². The summed E-state index contributed by atoms with van der Waals surface area (Å²) in [7, 11) is -0.352. The van der Waals surface area contributed by atoms with Gasteiger partial charge in [0.15, 0.2) is 0 Å². The van der Waals surface area contributed by atoms with E-state index in [1.54, 1.807) is 23.5 Å². The summed E-state index contributed by atoms with van der Waals surface area (Å²) in [6.45, 7) is 0.0853. The van der Waals surface area contributed by atoms with Crippen LogP contribution in [0.3, 0.4) is 0 Å². The molecule has 0 fully saturated rings. The molecule has 0 spiro atoms. The summed E-state index contributed by atoms with van der Waals surface area (Å²) in [5.74, 6) is -0.387. The third-order valence-corrected chi connectivity index (χ3v) is 5.70. The zero-order valence-electron chi connectivity index (χ0n) is 12.4. The molecule has 0 unspecified atom stereocenters. The zero-order chi connectivity index (χ0) is 16.2. The number of amides is 1. The van der Waals surface area contributed by atoms with Crippen LogP contribution in [0.25, 0.3) is 11.1 Å². The number of carbonyl (C=O) groups excluding carboxylic acids is 1. The van der Waals surface area contributed by atoms with Crippen LogP contribution >= 0.6 is 11.3 Å². The van der Waals surface area contributed by atoms with Crippen LogP contribution in [0.5, 0.6) is 0 Å². The van der Waals surface area contributed by atoms with Crippen LogP contribution in [0.2, 0.25) is 0 Å². The minimum absolute atomic E-state index is 0.0853. The van der Waals surface area contributed by atoms with Gasteiger partial charge in [-0.15, -0.1) is 0 Å². The molecular formula is C15H18N2O3S2. The Kier molecular flexibility index (Phi) is 5.33. The maximum absolute atomic E-state index is 12.1. The van der Waals surface area contributed by atoms with Crippen molar-refractivity contribution in [3.63, 3.8) is 0 Å². The molecule has 0 saturated carbocycles. The molecule has 5 nitrogen and oxygen atoms in total. The van der Waals surface area contributed by atoms with Crippen molar-refractivity contribution in [1.82, 2.24) is 9.62 Å². The summed E-state index contributed by atoms with van der Waals surface area (Å²) < 4.78 is 24.4. The van der Waals surface area contributed by atoms with Gasteiger partial charge in [-0.2, -0.15) is 11.3 Å². The van der Waals surface area contributed by atoms with Gasteiger partial charge in [0.2, 0.25) is 10.0 Å². The van der Waals surface area contributed by atoms with Crippen molar-refractivity contribution < 1.29 is 13.2 Å². The Hall–Kier alpha value is -1.70. The molecule has 1 aromatic carbocycles. The number of rotatable bonds is 6. The second kappa shape index (κ2) is 7.04. The predicted molar refractivity (Wildman–Crippen MR) is 89.6 cm³/mol. The van der Waals surface area contributed by atoms with Crippen LogP contribution in [-0.2, 0) is 10.0 Å². The first-order valence-electron chi connectivity index (χ1n) is 6.71. The van der Waals surface area contributed by atoms with Crippen molar-refractivity contribution in [2.75, 3.05) is 26.4 Å². The lowest BCUT2D eigenvalue weighted by atomic mass is 10.1. The Morgan fingerprint density at radius 3 is 2.64 bits per heavy atom. The molecule has 1 N–H and O–H groups in total. The summed E-state index contributed by atoms with van der Waals surface area (Å²) in [6, 6.07) is 9.27. The van der Waals surface area contributed by atoms with Crippen LogP contribution < -0.4 is 5.32 Å². The van der Waals surface area contributed by atoms with E-state index in [-0.39, 0.29) is 18.2 Å². The lowest BCUT2D eigenvalue weighted by Crippen LogP contribution is -2.33. The molecule has 0 radical (unpaired) electrons. The van der Waals surface area contributed by atoms with E-state index in [0.29, 0.717) is 5.56 Å². The SMILES string of the molecule is CN(C)S(=O)(=O)CCNC(=O)c1cccc(-c2ccsc2)c1. The number of hydrogen-bond donors (Lipinski definition) is 1. The number of sulfonamides is 1. The zero-order valence-corrected chi connectivity index (χ0v) is 14.1. The molecule has 118 valence electrons. The van der Waals surface area contributed by atoms with Crippen molar-refractivity contribution in [2.24, 2.45) is 0 Å². The summed E-state index contributed by atoms with van der Waals surface area (Å²) in [6.07, 6.45) is 0. The number of benzene rings is 1. The van der Waals surface area contributed by atoms with Crippen molar-refractivity contribution in [3.8, 4) is 11.1 Å². The lowest BCUT2D eigenvalue weighted by Gasteiger charge is -2.11. The molecular weight excluding hydrogens is 320 g/mol. The van der Waals surface area contributed by atoms with Gasteiger partial charge in [0.25, 0.3) is 5.91 Å². The highest BCUT2D eigenvalue weighted by Gasteiger charge is 2.14. The molecule has 22 heavy (non-hydrogen) atoms. The molecule has 0 aliphatic carbocycles. The first-order valence-corrected chi connectivity index (χ1v) is 9.26. The van der Waals surface area contributed by atoms with Crippen molar-refractivity contribution >= 4 is 27.3 Å². The van der Waals surface area contributed by atoms with Crippen LogP contribution in [0.15, 0.2) is 41.1 Å². The molecule has 1 heterocycles. The number of hydrogen-bond acceptors (Lipinski definition) is 4. The summed E-state index contributed by atoms with van der Waals surface area (Å²) in [5.41, 5.74) is 2.55. The summed E-state index contributed by atoms with van der Waals surface area (Å²) in [4.78, 5) is 12.1. The van der Waals surface area contributed by atoms with Crippen molar-refractivity contribution in [3.05, 3.63) is 46.7 Å². The Morgan fingerprint density at radius 1 is 1.23 bits per heavy atom. The van der Waals surface area contributed by atoms with E-state index in [2.05, 4.69) is 5.32 Å². The normalized spacial score (nSPS) is 11.6. The average molecular weight is 338 g/mol. The quantitative estimate of drug-likeness (QED) is 0.876. The first-order chi connectivity index (χ1) is 10.4. The Balaban J connectivity index is 2.00. The Morgan fingerprint density at radius 2 is 2.00 bits per heavy atom. The largest absolute Gasteiger partial charge is 0.351 e. The minimum Gasteiger partial charge on any atom is -0.351 e. The first kappa shape index (κ1) is 16.7. The number of nitrogens with zero attached hydrogens (tertiary/aromatic N) is 1. The fourth-order valence-corrected chi connectivity index (χ4v) is 3.24. The van der Waals surface area contributed by atoms with Crippen molar-refractivity contribution in [2.45, 2.75) is 0 Å². The van der Waals surface area contributed by atoms with E-state index in [0.717, 1.165) is 15.4 Å². The third-order valence-electron chi connectivity index (χ3n) is 3.18. The van der Waals surface area contributed by atoms with E-state index in [9.17, 15) is 13.2 Å². The topological polar surface area (TPSA) is 66.5 Å². The number of thiophene rings is 1. The molecule has 1 aromatic heterocycles. The lowest BCUT2D eigenvalue weighted by molar-refractivity contribution is 0.0956. The second-order valence-electron chi connectivity index (χ2n) is 4.95. The fourth-order valence-electron chi connectivity index (χ4n) is 1.85. The maximum Gasteiger partial charge on any atom is 0.251 e. The standard InChI is InChI=1S/C15H18N2O3S2/c1-17(2)22(19,20)9-7-16-15(18)13-5-3-4-12(10-13)14-6-8-21-11-14/h3-6,8,10-11H,7,9H2,1-2H3,(H,16,18).